The molecule has 1 N–H and O–H groups in total. The molecule has 0 radical (unpaired) electrons. The minimum atomic E-state index is -0.258. The number of thioether (sulfide) groups is 1. The van der Waals surface area contributed by atoms with Gasteiger partial charge in [-0.15, -0.1) is 16.8 Å². The van der Waals surface area contributed by atoms with Crippen LogP contribution in [-0.2, 0) is 16.8 Å². The van der Waals surface area contributed by atoms with Crippen LogP contribution in [0.25, 0.3) is 11.4 Å². The van der Waals surface area contributed by atoms with Crippen LogP contribution in [0.3, 0.4) is 0 Å². The van der Waals surface area contributed by atoms with Crippen LogP contribution in [0.5, 0.6) is 0 Å². The van der Waals surface area contributed by atoms with Gasteiger partial charge in [-0.2, -0.15) is 0 Å². The van der Waals surface area contributed by atoms with E-state index in [9.17, 15) is 4.79 Å². The molecular weight excluding hydrogens is 453 g/mol. The summed E-state index contributed by atoms with van der Waals surface area (Å²) in [6, 6.07) is 9.81. The van der Waals surface area contributed by atoms with E-state index < -0.39 is 0 Å². The summed E-state index contributed by atoms with van der Waals surface area (Å²) < 4.78 is 1.94. The van der Waals surface area contributed by atoms with E-state index in [-0.39, 0.29) is 27.9 Å². The molecule has 3 aromatic rings. The smallest absolute Gasteiger partial charge is 0.236 e. The molecule has 3 rings (SSSR count). The number of nitrogens with one attached hydrogen (secondary N) is 1. The lowest BCUT2D eigenvalue weighted by atomic mass is 9.87. The Morgan fingerprint density at radius 3 is 2.55 bits per heavy atom. The molecule has 0 aliphatic carbocycles. The third-order valence-corrected chi connectivity index (χ3v) is 5.90. The van der Waals surface area contributed by atoms with Gasteiger partial charge >= 0.3 is 0 Å². The fraction of sp³-hybridized carbons (Fsp3) is 0.273. The maximum absolute atomic E-state index is 12.4. The number of amides is 1. The molecular formula is C22H23Cl2N5OS. The van der Waals surface area contributed by atoms with Crippen molar-refractivity contribution in [2.45, 2.75) is 37.9 Å². The third kappa shape index (κ3) is 5.87. The first-order valence-corrected chi connectivity index (χ1v) is 11.3. The summed E-state index contributed by atoms with van der Waals surface area (Å²) in [5.74, 6) is 0.860. The highest BCUT2D eigenvalue weighted by molar-refractivity contribution is 7.99. The molecule has 0 saturated heterocycles. The maximum Gasteiger partial charge on any atom is 0.236 e. The third-order valence-electron chi connectivity index (χ3n) is 4.44. The molecule has 1 amide bonds. The summed E-state index contributed by atoms with van der Waals surface area (Å²) in [7, 11) is 0. The van der Waals surface area contributed by atoms with Crippen LogP contribution >= 0.6 is 35.0 Å². The molecule has 6 nitrogen and oxygen atoms in total. The van der Waals surface area contributed by atoms with Crippen molar-refractivity contribution >= 4 is 46.7 Å². The minimum Gasteiger partial charge on any atom is -0.309 e. The Bertz CT molecular complexity index is 1090. The monoisotopic (exact) mass is 475 g/mol. The van der Waals surface area contributed by atoms with Gasteiger partial charge in [-0.05, 0) is 17.0 Å². The van der Waals surface area contributed by atoms with E-state index in [0.29, 0.717) is 16.7 Å². The summed E-state index contributed by atoms with van der Waals surface area (Å²) in [5, 5.41) is 12.6. The van der Waals surface area contributed by atoms with Crippen molar-refractivity contribution in [1.29, 1.82) is 0 Å². The molecule has 2 heterocycles. The Kier molecular flexibility index (Phi) is 7.41. The molecule has 9 heteroatoms. The van der Waals surface area contributed by atoms with Crippen molar-refractivity contribution in [2.75, 3.05) is 11.1 Å². The molecule has 31 heavy (non-hydrogen) atoms. The lowest BCUT2D eigenvalue weighted by molar-refractivity contribution is -0.113. The molecule has 0 spiro atoms. The number of anilines is 1. The Balaban J connectivity index is 1.74. The molecule has 0 unspecified atom stereocenters. The largest absolute Gasteiger partial charge is 0.309 e. The molecule has 0 saturated carbocycles. The molecule has 2 aromatic heterocycles. The number of allylic oxidation sites excluding steroid dienone is 1. The van der Waals surface area contributed by atoms with Crippen LogP contribution < -0.4 is 5.32 Å². The molecule has 1 aromatic carbocycles. The van der Waals surface area contributed by atoms with Crippen molar-refractivity contribution in [3.05, 3.63) is 64.8 Å². The summed E-state index contributed by atoms with van der Waals surface area (Å²) in [6.07, 6.45) is 3.20. The predicted molar refractivity (Wildman–Crippen MR) is 128 cm³/mol. The Morgan fingerprint density at radius 2 is 1.94 bits per heavy atom. The molecule has 0 aliphatic heterocycles. The molecule has 0 fully saturated rings. The van der Waals surface area contributed by atoms with Crippen LogP contribution in [0.4, 0.5) is 5.82 Å². The summed E-state index contributed by atoms with van der Waals surface area (Å²) in [4.78, 5) is 16.4. The number of nitrogens with zero attached hydrogens (tertiary/aromatic N) is 4. The normalized spacial score (nSPS) is 11.4. The van der Waals surface area contributed by atoms with Crippen LogP contribution in [0.1, 0.15) is 26.3 Å². The van der Waals surface area contributed by atoms with Gasteiger partial charge in [0.1, 0.15) is 0 Å². The van der Waals surface area contributed by atoms with E-state index in [2.05, 4.69) is 60.0 Å². The summed E-state index contributed by atoms with van der Waals surface area (Å²) >= 11 is 13.2. The summed E-state index contributed by atoms with van der Waals surface area (Å²) in [5.41, 5.74) is 2.27. The Hall–Kier alpha value is -2.35. The highest BCUT2D eigenvalue weighted by atomic mass is 35.5. The lowest BCUT2D eigenvalue weighted by Gasteiger charge is -2.19. The van der Waals surface area contributed by atoms with E-state index in [0.717, 1.165) is 11.4 Å². The second-order valence-corrected chi connectivity index (χ2v) is 9.64. The zero-order chi connectivity index (χ0) is 22.6. The first kappa shape index (κ1) is 23.3. The van der Waals surface area contributed by atoms with Gasteiger partial charge in [0, 0.05) is 18.3 Å². The van der Waals surface area contributed by atoms with Crippen molar-refractivity contribution in [2.24, 2.45) is 0 Å². The quantitative estimate of drug-likeness (QED) is 0.342. The number of pyridine rings is 1. The lowest BCUT2D eigenvalue weighted by Crippen LogP contribution is -2.16. The molecule has 162 valence electrons. The number of carbonyl (C=O) groups is 1. The van der Waals surface area contributed by atoms with Gasteiger partial charge in [-0.1, -0.05) is 86.1 Å². The molecule has 0 bridgehead atoms. The van der Waals surface area contributed by atoms with Crippen molar-refractivity contribution in [3.8, 4) is 11.4 Å². The van der Waals surface area contributed by atoms with Gasteiger partial charge in [-0.25, -0.2) is 4.98 Å². The van der Waals surface area contributed by atoms with Gasteiger partial charge in [0.2, 0.25) is 5.91 Å². The average Bonchev–Trinajstić information content (AvgIpc) is 3.11. The molecule has 0 atom stereocenters. The highest BCUT2D eigenvalue weighted by Gasteiger charge is 2.18. The number of hydrogen-bond acceptors (Lipinski definition) is 5. The van der Waals surface area contributed by atoms with Crippen molar-refractivity contribution < 1.29 is 4.79 Å². The SMILES string of the molecule is C=CCn1c(SCC(=O)Nc2ncc(Cl)cc2Cl)nnc1-c1ccc(C(C)(C)C)cc1. The van der Waals surface area contributed by atoms with Gasteiger partial charge in [0.05, 0.1) is 15.8 Å². The maximum atomic E-state index is 12.4. The van der Waals surface area contributed by atoms with Crippen molar-refractivity contribution in [1.82, 2.24) is 19.7 Å². The Morgan fingerprint density at radius 1 is 1.23 bits per heavy atom. The zero-order valence-corrected chi connectivity index (χ0v) is 19.9. The number of benzene rings is 1. The minimum absolute atomic E-state index is 0.0729. The van der Waals surface area contributed by atoms with Crippen LogP contribution in [0.15, 0.2) is 54.3 Å². The second kappa shape index (κ2) is 9.85. The Labute approximate surface area is 196 Å². The van der Waals surface area contributed by atoms with Gasteiger partial charge < -0.3 is 5.32 Å². The van der Waals surface area contributed by atoms with E-state index in [1.54, 1.807) is 6.08 Å². The van der Waals surface area contributed by atoms with E-state index >= 15 is 0 Å². The number of carbonyl (C=O) groups excluding carboxylic acids is 1. The van der Waals surface area contributed by atoms with E-state index in [1.165, 1.54) is 29.6 Å². The number of halogens is 2. The fourth-order valence-electron chi connectivity index (χ4n) is 2.83. The first-order valence-electron chi connectivity index (χ1n) is 9.57. The topological polar surface area (TPSA) is 72.7 Å². The number of hydrogen-bond donors (Lipinski definition) is 1. The molecule has 0 aliphatic rings. The van der Waals surface area contributed by atoms with Gasteiger partial charge in [-0.3, -0.25) is 9.36 Å². The predicted octanol–water partition coefficient (Wildman–Crippen LogP) is 5.86. The standard InChI is InChI=1S/C22H23Cl2N5OS/c1-5-10-29-20(14-6-8-15(9-7-14)22(2,3)4)27-28-21(29)31-13-18(30)26-19-17(24)11-16(23)12-25-19/h5-9,11-12H,1,10,13H2,2-4H3,(H,25,26,30). The number of aromatic nitrogens is 4. The van der Waals surface area contributed by atoms with Gasteiger partial charge in [0.15, 0.2) is 16.8 Å². The van der Waals surface area contributed by atoms with Gasteiger partial charge in [0.25, 0.3) is 0 Å². The summed E-state index contributed by atoms with van der Waals surface area (Å²) in [6.45, 7) is 10.9. The fourth-order valence-corrected chi connectivity index (χ4v) is 4.00. The highest BCUT2D eigenvalue weighted by Crippen LogP contribution is 2.28. The average molecular weight is 476 g/mol. The van der Waals surface area contributed by atoms with Crippen LogP contribution in [-0.4, -0.2) is 31.4 Å². The van der Waals surface area contributed by atoms with Crippen LogP contribution in [0.2, 0.25) is 10.0 Å². The van der Waals surface area contributed by atoms with E-state index in [1.807, 2.05) is 16.7 Å². The number of rotatable bonds is 7. The second-order valence-electron chi connectivity index (χ2n) is 7.85. The van der Waals surface area contributed by atoms with Crippen molar-refractivity contribution in [3.63, 3.8) is 0 Å². The van der Waals surface area contributed by atoms with Crippen LogP contribution in [0, 0.1) is 0 Å². The van der Waals surface area contributed by atoms with E-state index in [4.69, 9.17) is 23.2 Å². The first-order chi connectivity index (χ1) is 14.7. The zero-order valence-electron chi connectivity index (χ0n) is 17.5.